The summed E-state index contributed by atoms with van der Waals surface area (Å²) in [6.07, 6.45) is 6.44. The zero-order chi connectivity index (χ0) is 19.0. The van der Waals surface area contributed by atoms with Crippen LogP contribution in [0.3, 0.4) is 0 Å². The molecule has 1 aromatic heterocycles. The number of fused-ring (bicyclic) bond motifs is 3. The summed E-state index contributed by atoms with van der Waals surface area (Å²) in [5.74, 6) is -2.13. The quantitative estimate of drug-likeness (QED) is 0.518. The first kappa shape index (κ1) is 18.8. The van der Waals surface area contributed by atoms with Gasteiger partial charge in [-0.05, 0) is 86.8 Å². The lowest BCUT2D eigenvalue weighted by Gasteiger charge is -2.36. The highest BCUT2D eigenvalue weighted by atomic mass is 32.1. The van der Waals surface area contributed by atoms with Crippen LogP contribution in [0, 0.1) is 12.8 Å². The second kappa shape index (κ2) is 7.48. The van der Waals surface area contributed by atoms with E-state index in [2.05, 4.69) is 19.1 Å². The summed E-state index contributed by atoms with van der Waals surface area (Å²) in [4.78, 5) is 2.74. The summed E-state index contributed by atoms with van der Waals surface area (Å²) in [5, 5.41) is 0. The van der Waals surface area contributed by atoms with Gasteiger partial charge in [-0.1, -0.05) is 18.2 Å². The number of aryl methyl sites for hydroxylation is 2. The molecule has 1 saturated heterocycles. The maximum absolute atomic E-state index is 14.5. The van der Waals surface area contributed by atoms with Crippen LogP contribution in [-0.2, 0) is 17.1 Å². The zero-order valence-electron chi connectivity index (χ0n) is 15.9. The molecule has 0 bridgehead atoms. The fraction of sp³-hybridized carbons (Fsp3) is 0.478. The minimum Gasteiger partial charge on any atom is -0.373 e. The lowest BCUT2D eigenvalue weighted by molar-refractivity contribution is -0.0363. The average Bonchev–Trinajstić information content (AvgIpc) is 3.01. The van der Waals surface area contributed by atoms with Gasteiger partial charge in [0.05, 0.1) is 6.10 Å². The van der Waals surface area contributed by atoms with Crippen molar-refractivity contribution in [1.82, 2.24) is 0 Å². The van der Waals surface area contributed by atoms with Crippen LogP contribution < -0.4 is 0 Å². The molecule has 1 fully saturated rings. The van der Waals surface area contributed by atoms with Crippen molar-refractivity contribution in [2.24, 2.45) is 5.92 Å². The van der Waals surface area contributed by atoms with Crippen LogP contribution in [0.1, 0.15) is 64.7 Å². The number of rotatable bonds is 3. The fourth-order valence-electron chi connectivity index (χ4n) is 4.67. The molecule has 1 nitrogen and oxygen atoms in total. The van der Waals surface area contributed by atoms with Crippen LogP contribution >= 0.6 is 11.3 Å². The van der Waals surface area contributed by atoms with Crippen molar-refractivity contribution >= 4 is 11.3 Å². The minimum absolute atomic E-state index is 0.0673. The first-order chi connectivity index (χ1) is 13.0. The van der Waals surface area contributed by atoms with Crippen molar-refractivity contribution in [2.45, 2.75) is 57.5 Å². The van der Waals surface area contributed by atoms with E-state index in [0.29, 0.717) is 18.4 Å². The number of ether oxygens (including phenoxy) is 1. The molecular formula is C23H26F2OS. The number of allylic oxidation sites excluding steroid dienone is 2. The number of benzene rings is 1. The van der Waals surface area contributed by atoms with Gasteiger partial charge in [-0.15, -0.1) is 11.3 Å². The van der Waals surface area contributed by atoms with Gasteiger partial charge in [0.15, 0.2) is 0 Å². The van der Waals surface area contributed by atoms with Crippen molar-refractivity contribution in [1.29, 1.82) is 0 Å². The Morgan fingerprint density at radius 3 is 2.78 bits per heavy atom. The molecule has 0 N–H and O–H groups in total. The van der Waals surface area contributed by atoms with Gasteiger partial charge >= 0.3 is 0 Å². The molecular weight excluding hydrogens is 362 g/mol. The molecule has 2 aliphatic rings. The van der Waals surface area contributed by atoms with E-state index >= 15 is 0 Å². The van der Waals surface area contributed by atoms with Crippen LogP contribution in [0.2, 0.25) is 0 Å². The van der Waals surface area contributed by atoms with Crippen LogP contribution in [0.4, 0.5) is 8.78 Å². The van der Waals surface area contributed by atoms with E-state index < -0.39 is 5.92 Å². The third-order valence-electron chi connectivity index (χ3n) is 5.95. The number of hydrogen-bond donors (Lipinski definition) is 0. The molecule has 0 saturated carbocycles. The minimum atomic E-state index is -2.94. The lowest BCUT2D eigenvalue weighted by atomic mass is 9.79. The second-order valence-corrected chi connectivity index (χ2v) is 9.05. The number of alkyl halides is 2. The summed E-state index contributed by atoms with van der Waals surface area (Å²) in [6, 6.07) is 9.64. The molecule has 0 radical (unpaired) electrons. The van der Waals surface area contributed by atoms with Gasteiger partial charge in [0.2, 0.25) is 0 Å². The van der Waals surface area contributed by atoms with Gasteiger partial charge in [-0.3, -0.25) is 0 Å². The Kier molecular flexibility index (Phi) is 5.21. The monoisotopic (exact) mass is 388 g/mol. The summed E-state index contributed by atoms with van der Waals surface area (Å²) >= 11 is 1.87. The van der Waals surface area contributed by atoms with Crippen molar-refractivity contribution in [3.05, 3.63) is 68.9 Å². The zero-order valence-corrected chi connectivity index (χ0v) is 16.7. The predicted molar refractivity (Wildman–Crippen MR) is 107 cm³/mol. The molecule has 4 heteroatoms. The normalized spacial score (nSPS) is 25.9. The largest absolute Gasteiger partial charge is 0.373 e. The molecule has 0 spiro atoms. The average molecular weight is 389 g/mol. The molecule has 3 unspecified atom stereocenters. The summed E-state index contributed by atoms with van der Waals surface area (Å²) in [5.41, 5.74) is 2.22. The van der Waals surface area contributed by atoms with Crippen molar-refractivity contribution in [2.75, 3.05) is 6.61 Å². The molecule has 0 amide bonds. The third-order valence-corrected chi connectivity index (χ3v) is 7.08. The van der Waals surface area contributed by atoms with Crippen LogP contribution in [0.5, 0.6) is 0 Å². The highest BCUT2D eigenvalue weighted by Crippen LogP contribution is 2.50. The second-order valence-electron chi connectivity index (χ2n) is 7.73. The van der Waals surface area contributed by atoms with E-state index in [1.165, 1.54) is 21.4 Å². The van der Waals surface area contributed by atoms with E-state index in [4.69, 9.17) is 4.74 Å². The van der Waals surface area contributed by atoms with Gasteiger partial charge < -0.3 is 4.74 Å². The Morgan fingerprint density at radius 2 is 2.04 bits per heavy atom. The molecule has 27 heavy (non-hydrogen) atoms. The molecule has 3 atom stereocenters. The third kappa shape index (κ3) is 3.62. The van der Waals surface area contributed by atoms with Gasteiger partial charge in [0.1, 0.15) is 0 Å². The fourth-order valence-corrected chi connectivity index (χ4v) is 5.76. The SMILES string of the molecule is C/C=C/C(F)(F)c1ccc2c(c1)C1OCCCC1C(c1ccc(C)s1)CC2. The molecule has 2 aromatic rings. The maximum atomic E-state index is 14.5. The maximum Gasteiger partial charge on any atom is 0.291 e. The van der Waals surface area contributed by atoms with Crippen LogP contribution in [0.15, 0.2) is 42.5 Å². The predicted octanol–water partition coefficient (Wildman–Crippen LogP) is 6.92. The number of halogens is 2. The highest BCUT2D eigenvalue weighted by Gasteiger charge is 2.39. The summed E-state index contributed by atoms with van der Waals surface area (Å²) in [7, 11) is 0. The van der Waals surface area contributed by atoms with E-state index in [9.17, 15) is 8.78 Å². The van der Waals surface area contributed by atoms with Crippen molar-refractivity contribution < 1.29 is 13.5 Å². The molecule has 1 aromatic carbocycles. The summed E-state index contributed by atoms with van der Waals surface area (Å²) in [6.45, 7) is 4.49. The van der Waals surface area contributed by atoms with Gasteiger partial charge in [0.25, 0.3) is 5.92 Å². The molecule has 1 aliphatic carbocycles. The smallest absolute Gasteiger partial charge is 0.291 e. The Labute approximate surface area is 164 Å². The van der Waals surface area contributed by atoms with Crippen LogP contribution in [0.25, 0.3) is 0 Å². The standard InChI is InChI=1S/C23H26F2OS/c1-3-12-23(24,25)17-9-7-16-8-10-18(21-11-6-15(2)27-21)19-5-4-13-26-22(19)20(16)14-17/h3,6-7,9,11-12,14,18-19,22H,4-5,8,10,13H2,1-2H3/b12-3+. The molecule has 1 aliphatic heterocycles. The number of thiophene rings is 1. The van der Waals surface area contributed by atoms with E-state index in [-0.39, 0.29) is 11.7 Å². The van der Waals surface area contributed by atoms with E-state index in [1.54, 1.807) is 19.1 Å². The molecule has 4 rings (SSSR count). The number of hydrogen-bond acceptors (Lipinski definition) is 2. The Bertz CT molecular complexity index is 839. The van der Waals surface area contributed by atoms with E-state index in [0.717, 1.165) is 37.3 Å². The first-order valence-corrected chi connectivity index (χ1v) is 10.6. The Hall–Kier alpha value is -1.52. The van der Waals surface area contributed by atoms with Gasteiger partial charge in [-0.2, -0.15) is 8.78 Å². The lowest BCUT2D eigenvalue weighted by Crippen LogP contribution is -2.27. The van der Waals surface area contributed by atoms with Gasteiger partial charge in [-0.25, -0.2) is 0 Å². The van der Waals surface area contributed by atoms with E-state index in [1.807, 2.05) is 17.4 Å². The van der Waals surface area contributed by atoms with Crippen molar-refractivity contribution in [3.63, 3.8) is 0 Å². The highest BCUT2D eigenvalue weighted by molar-refractivity contribution is 7.12. The first-order valence-electron chi connectivity index (χ1n) is 9.82. The Morgan fingerprint density at radius 1 is 1.19 bits per heavy atom. The van der Waals surface area contributed by atoms with Crippen LogP contribution in [-0.4, -0.2) is 6.61 Å². The Balaban J connectivity index is 1.75. The topological polar surface area (TPSA) is 9.23 Å². The molecule has 144 valence electrons. The van der Waals surface area contributed by atoms with Crippen molar-refractivity contribution in [3.8, 4) is 0 Å². The van der Waals surface area contributed by atoms with Gasteiger partial charge in [0, 0.05) is 21.9 Å². The summed E-state index contributed by atoms with van der Waals surface area (Å²) < 4.78 is 35.2. The molecule has 2 heterocycles.